The standard InChI is InChI=1S/C8H6O4.C8H17.Na/c9-7(10)5-3-1-2-4-6(5)8(11)12;1-3-5-7-8-6-4-2;/h1-4H,(H,9,10)(H,11,12);1,3-8H2,2H3;/q;-1;+1. The Balaban J connectivity index is 0. The van der Waals surface area contributed by atoms with Gasteiger partial charge in [0.15, 0.2) is 0 Å². The van der Waals surface area contributed by atoms with Gasteiger partial charge in [-0.2, -0.15) is 6.42 Å². The van der Waals surface area contributed by atoms with Crippen LogP contribution in [-0.2, 0) is 0 Å². The first kappa shape index (κ1) is 22.4. The Labute approximate surface area is 148 Å². The van der Waals surface area contributed by atoms with E-state index in [4.69, 9.17) is 10.2 Å². The third kappa shape index (κ3) is 10.5. The van der Waals surface area contributed by atoms with Gasteiger partial charge >= 0.3 is 41.5 Å². The molecule has 112 valence electrons. The second kappa shape index (κ2) is 14.1. The maximum Gasteiger partial charge on any atom is 1.00 e. The van der Waals surface area contributed by atoms with Crippen LogP contribution in [-0.4, -0.2) is 22.2 Å². The number of carboxylic acids is 2. The zero-order chi connectivity index (χ0) is 15.4. The molecule has 0 fully saturated rings. The number of rotatable bonds is 7. The number of hydrogen-bond acceptors (Lipinski definition) is 2. The molecule has 0 radical (unpaired) electrons. The molecule has 1 aromatic rings. The van der Waals surface area contributed by atoms with Crippen molar-refractivity contribution in [2.45, 2.75) is 45.4 Å². The Kier molecular flexibility index (Phi) is 15.1. The number of carbonyl (C=O) groups is 2. The van der Waals surface area contributed by atoms with Crippen molar-refractivity contribution in [1.29, 1.82) is 0 Å². The third-order valence-electron chi connectivity index (χ3n) is 2.74. The van der Waals surface area contributed by atoms with E-state index in [1.54, 1.807) is 0 Å². The smallest absolute Gasteiger partial charge is 0.478 e. The molecule has 0 aromatic heterocycles. The molecule has 0 aliphatic carbocycles. The zero-order valence-corrected chi connectivity index (χ0v) is 15.0. The molecular weight excluding hydrogens is 279 g/mol. The van der Waals surface area contributed by atoms with Crippen LogP contribution in [0, 0.1) is 6.92 Å². The molecule has 0 bridgehead atoms. The summed E-state index contributed by atoms with van der Waals surface area (Å²) in [5, 5.41) is 17.1. The maximum atomic E-state index is 10.5. The Morgan fingerprint density at radius 3 is 1.71 bits per heavy atom. The Hall–Kier alpha value is -0.840. The molecule has 0 unspecified atom stereocenters. The molecule has 0 heterocycles. The van der Waals surface area contributed by atoms with Crippen molar-refractivity contribution in [3.05, 3.63) is 42.3 Å². The minimum atomic E-state index is -1.23. The van der Waals surface area contributed by atoms with Crippen molar-refractivity contribution in [3.63, 3.8) is 0 Å². The Morgan fingerprint density at radius 1 is 0.952 bits per heavy atom. The van der Waals surface area contributed by atoms with Crippen LogP contribution in [0.15, 0.2) is 24.3 Å². The van der Waals surface area contributed by atoms with Crippen molar-refractivity contribution >= 4 is 11.9 Å². The number of benzene rings is 1. The summed E-state index contributed by atoms with van der Waals surface area (Å²) in [7, 11) is 0. The van der Waals surface area contributed by atoms with Crippen LogP contribution in [0.3, 0.4) is 0 Å². The first-order chi connectivity index (χ1) is 9.54. The topological polar surface area (TPSA) is 74.6 Å². The van der Waals surface area contributed by atoms with Crippen molar-refractivity contribution in [2.75, 3.05) is 0 Å². The average molecular weight is 302 g/mol. The minimum absolute atomic E-state index is 0. The quantitative estimate of drug-likeness (QED) is 0.452. The molecule has 4 nitrogen and oxygen atoms in total. The van der Waals surface area contributed by atoms with Crippen molar-refractivity contribution < 1.29 is 49.4 Å². The third-order valence-corrected chi connectivity index (χ3v) is 2.74. The van der Waals surface area contributed by atoms with Gasteiger partial charge in [0.05, 0.1) is 11.1 Å². The van der Waals surface area contributed by atoms with Gasteiger partial charge in [-0.25, -0.2) is 9.59 Å². The largest absolute Gasteiger partial charge is 1.00 e. The monoisotopic (exact) mass is 302 g/mol. The molecule has 0 saturated carbocycles. The van der Waals surface area contributed by atoms with Gasteiger partial charge in [-0.1, -0.05) is 51.2 Å². The van der Waals surface area contributed by atoms with E-state index in [0.29, 0.717) is 0 Å². The van der Waals surface area contributed by atoms with Crippen LogP contribution in [0.5, 0.6) is 0 Å². The van der Waals surface area contributed by atoms with Gasteiger partial charge in [0.25, 0.3) is 0 Å². The van der Waals surface area contributed by atoms with Crippen molar-refractivity contribution in [2.24, 2.45) is 0 Å². The minimum Gasteiger partial charge on any atom is -0.478 e. The molecule has 5 heteroatoms. The molecule has 0 aliphatic heterocycles. The van der Waals surface area contributed by atoms with Gasteiger partial charge in [-0.15, -0.1) is 0 Å². The van der Waals surface area contributed by atoms with E-state index in [0.717, 1.165) is 6.42 Å². The van der Waals surface area contributed by atoms with Crippen molar-refractivity contribution in [3.8, 4) is 0 Å². The fourth-order valence-electron chi connectivity index (χ4n) is 1.64. The van der Waals surface area contributed by atoms with E-state index in [1.165, 1.54) is 56.4 Å². The zero-order valence-electron chi connectivity index (χ0n) is 13.0. The maximum absolute atomic E-state index is 10.5. The summed E-state index contributed by atoms with van der Waals surface area (Å²) in [4.78, 5) is 20.9. The van der Waals surface area contributed by atoms with Gasteiger partial charge in [-0.3, -0.25) is 0 Å². The first-order valence-electron chi connectivity index (χ1n) is 6.89. The van der Waals surface area contributed by atoms with E-state index in [-0.39, 0.29) is 40.7 Å². The molecule has 0 aliphatic rings. The molecule has 1 aromatic carbocycles. The van der Waals surface area contributed by atoms with Gasteiger partial charge in [-0.05, 0) is 12.1 Å². The van der Waals surface area contributed by atoms with Crippen LogP contribution < -0.4 is 29.6 Å². The first-order valence-corrected chi connectivity index (χ1v) is 6.89. The van der Waals surface area contributed by atoms with Crippen LogP contribution in [0.4, 0.5) is 0 Å². The fraction of sp³-hybridized carbons (Fsp3) is 0.438. The molecule has 0 saturated heterocycles. The fourth-order valence-corrected chi connectivity index (χ4v) is 1.64. The predicted molar refractivity (Wildman–Crippen MR) is 79.1 cm³/mol. The van der Waals surface area contributed by atoms with E-state index in [2.05, 4.69) is 13.8 Å². The van der Waals surface area contributed by atoms with Gasteiger partial charge in [0, 0.05) is 0 Å². The van der Waals surface area contributed by atoms with E-state index in [9.17, 15) is 9.59 Å². The Morgan fingerprint density at radius 2 is 1.38 bits per heavy atom. The molecule has 21 heavy (non-hydrogen) atoms. The molecule has 0 atom stereocenters. The Bertz CT molecular complexity index is 379. The van der Waals surface area contributed by atoms with Crippen LogP contribution in [0.25, 0.3) is 0 Å². The summed E-state index contributed by atoms with van der Waals surface area (Å²) in [6.45, 7) is 6.02. The average Bonchev–Trinajstić information content (AvgIpc) is 2.44. The summed E-state index contributed by atoms with van der Waals surface area (Å²) in [6, 6.07) is 5.48. The number of hydrogen-bond donors (Lipinski definition) is 2. The second-order valence-electron chi connectivity index (χ2n) is 4.42. The van der Waals surface area contributed by atoms with Crippen molar-refractivity contribution in [1.82, 2.24) is 0 Å². The van der Waals surface area contributed by atoms with Crippen LogP contribution >= 0.6 is 0 Å². The van der Waals surface area contributed by atoms with Crippen LogP contribution in [0.2, 0.25) is 0 Å². The summed E-state index contributed by atoms with van der Waals surface area (Å²) in [5.74, 6) is -2.46. The molecule has 1 rings (SSSR count). The summed E-state index contributed by atoms with van der Waals surface area (Å²) in [6.07, 6.45) is 7.98. The van der Waals surface area contributed by atoms with E-state index < -0.39 is 11.9 Å². The van der Waals surface area contributed by atoms with Crippen LogP contribution in [0.1, 0.15) is 66.2 Å². The number of unbranched alkanes of at least 4 members (excludes halogenated alkanes) is 5. The summed E-state index contributed by atoms with van der Waals surface area (Å²) >= 11 is 0. The summed E-state index contributed by atoms with van der Waals surface area (Å²) < 4.78 is 0. The summed E-state index contributed by atoms with van der Waals surface area (Å²) in [5.41, 5.74) is -0.380. The van der Waals surface area contributed by atoms with E-state index >= 15 is 0 Å². The molecule has 2 N–H and O–H groups in total. The number of aromatic carboxylic acids is 2. The molecule has 0 spiro atoms. The van der Waals surface area contributed by atoms with E-state index in [1.807, 2.05) is 0 Å². The SMILES string of the molecule is O=C(O)c1ccccc1C(=O)O.[CH2-]CCCCCCC.[Na+]. The second-order valence-corrected chi connectivity index (χ2v) is 4.42. The molecule has 0 amide bonds. The van der Waals surface area contributed by atoms with Gasteiger partial charge in [0.1, 0.15) is 0 Å². The van der Waals surface area contributed by atoms with Gasteiger partial charge in [0.2, 0.25) is 0 Å². The van der Waals surface area contributed by atoms with Gasteiger partial charge < -0.3 is 17.1 Å². The predicted octanol–water partition coefficient (Wildman–Crippen LogP) is 1.27. The number of carboxylic acid groups (broad SMARTS) is 2. The normalized spacial score (nSPS) is 9.05. The molecular formula is C16H23NaO4.